The molecule has 0 radical (unpaired) electrons. The summed E-state index contributed by atoms with van der Waals surface area (Å²) < 4.78 is 14.0. The number of nitrogens with zero attached hydrogens (tertiary/aromatic N) is 2. The quantitative estimate of drug-likeness (QED) is 0.0528. The largest absolute Gasteiger partial charge is 0.459 e. The third-order valence-electron chi connectivity index (χ3n) is 10.7. The second-order valence-electron chi connectivity index (χ2n) is 16.0. The van der Waals surface area contributed by atoms with Gasteiger partial charge in [-0.05, 0) is 54.2 Å². The van der Waals surface area contributed by atoms with Gasteiger partial charge in [0.2, 0.25) is 0 Å². The van der Waals surface area contributed by atoms with Crippen LogP contribution in [0.1, 0.15) is 59.8 Å². The Kier molecular flexibility index (Phi) is 14.0. The minimum atomic E-state index is -0.738. The first-order chi connectivity index (χ1) is 29.7. The maximum atomic E-state index is 14.1. The van der Waals surface area contributed by atoms with Crippen LogP contribution in [-0.4, -0.2) is 52.2 Å². The van der Waals surface area contributed by atoms with Gasteiger partial charge in [-0.25, -0.2) is 4.98 Å². The van der Waals surface area contributed by atoms with Crippen molar-refractivity contribution in [1.82, 2.24) is 14.9 Å². The molecule has 0 aliphatic heterocycles. The number of hydrogen-bond donors (Lipinski definition) is 1. The van der Waals surface area contributed by atoms with Crippen molar-refractivity contribution in [1.29, 1.82) is 0 Å². The highest BCUT2D eigenvalue weighted by molar-refractivity contribution is 8.00. The van der Waals surface area contributed by atoms with Crippen molar-refractivity contribution in [3.05, 3.63) is 234 Å². The number of carbonyl (C=O) groups is 1. The number of imidazole rings is 1. The van der Waals surface area contributed by atoms with Crippen LogP contribution >= 0.6 is 11.8 Å². The lowest BCUT2D eigenvalue weighted by Crippen LogP contribution is -2.46. The van der Waals surface area contributed by atoms with E-state index in [0.29, 0.717) is 12.3 Å². The SMILES string of the molecule is C#CCOC(CNC(Cc1cn(C(c2ccccc2)(c2ccccc2)c2ccccc2)cn1)C(=O)OC(C)(C)C)CSC(c1ccccc1)(c1ccccc1)c1ccccc1. The zero-order valence-corrected chi connectivity index (χ0v) is 35.9. The molecule has 6 aromatic carbocycles. The van der Waals surface area contributed by atoms with Crippen LogP contribution in [0.4, 0.5) is 0 Å². The predicted octanol–water partition coefficient (Wildman–Crippen LogP) is 10.3. The molecule has 1 N–H and O–H groups in total. The van der Waals surface area contributed by atoms with E-state index in [4.69, 9.17) is 20.9 Å². The van der Waals surface area contributed by atoms with Crippen LogP contribution in [0.5, 0.6) is 0 Å². The molecule has 1 aromatic heterocycles. The highest BCUT2D eigenvalue weighted by atomic mass is 32.2. The van der Waals surface area contributed by atoms with Gasteiger partial charge >= 0.3 is 5.97 Å². The normalized spacial score (nSPS) is 12.9. The maximum absolute atomic E-state index is 14.1. The molecule has 7 aromatic rings. The summed E-state index contributed by atoms with van der Waals surface area (Å²) in [5.41, 5.74) is 6.02. The van der Waals surface area contributed by atoms with Crippen molar-refractivity contribution in [3.63, 3.8) is 0 Å². The fourth-order valence-electron chi connectivity index (χ4n) is 8.05. The second kappa shape index (κ2) is 19.9. The topological polar surface area (TPSA) is 65.4 Å². The molecule has 0 saturated heterocycles. The van der Waals surface area contributed by atoms with Crippen molar-refractivity contribution >= 4 is 17.7 Å². The van der Waals surface area contributed by atoms with E-state index in [1.54, 1.807) is 11.8 Å². The minimum Gasteiger partial charge on any atom is -0.459 e. The Morgan fingerprint density at radius 3 is 1.48 bits per heavy atom. The summed E-state index contributed by atoms with van der Waals surface area (Å²) in [7, 11) is 0. The Morgan fingerprint density at radius 1 is 0.672 bits per heavy atom. The molecule has 6 nitrogen and oxygen atoms in total. The van der Waals surface area contributed by atoms with E-state index in [1.165, 1.54) is 0 Å². The summed E-state index contributed by atoms with van der Waals surface area (Å²) in [6.45, 7) is 6.13. The third kappa shape index (κ3) is 9.90. The molecule has 308 valence electrons. The van der Waals surface area contributed by atoms with Gasteiger partial charge in [0.15, 0.2) is 0 Å². The Balaban J connectivity index is 1.21. The molecular weight excluding hydrogens is 771 g/mol. The van der Waals surface area contributed by atoms with E-state index in [9.17, 15) is 4.79 Å². The van der Waals surface area contributed by atoms with Gasteiger partial charge in [0.1, 0.15) is 23.8 Å². The fraction of sp³-hybridized carbons (Fsp3) is 0.222. The minimum absolute atomic E-state index is 0.129. The molecule has 7 heteroatoms. The van der Waals surface area contributed by atoms with Crippen LogP contribution in [0.2, 0.25) is 0 Å². The van der Waals surface area contributed by atoms with Crippen molar-refractivity contribution in [3.8, 4) is 12.3 Å². The molecule has 0 amide bonds. The van der Waals surface area contributed by atoms with Crippen LogP contribution < -0.4 is 5.32 Å². The highest BCUT2D eigenvalue weighted by Crippen LogP contribution is 2.49. The van der Waals surface area contributed by atoms with Crippen molar-refractivity contribution < 1.29 is 14.3 Å². The van der Waals surface area contributed by atoms with Gasteiger partial charge in [0.05, 0.1) is 22.9 Å². The smallest absolute Gasteiger partial charge is 0.324 e. The summed E-state index contributed by atoms with van der Waals surface area (Å²) in [4.78, 5) is 19.1. The van der Waals surface area contributed by atoms with E-state index in [2.05, 4.69) is 168 Å². The number of hydrogen-bond acceptors (Lipinski definition) is 6. The number of esters is 1. The number of aromatic nitrogens is 2. The molecule has 1 heterocycles. The molecule has 0 aliphatic carbocycles. The molecule has 0 aliphatic rings. The lowest BCUT2D eigenvalue weighted by atomic mass is 9.77. The number of benzene rings is 6. The van der Waals surface area contributed by atoms with Crippen molar-refractivity contribution in [2.75, 3.05) is 18.9 Å². The average molecular weight is 824 g/mol. The third-order valence-corrected chi connectivity index (χ3v) is 12.4. The molecule has 7 rings (SSSR count). The first-order valence-electron chi connectivity index (χ1n) is 20.8. The molecule has 2 atom stereocenters. The van der Waals surface area contributed by atoms with E-state index < -0.39 is 21.9 Å². The standard InChI is InChI=1S/C54H53N3O3S/c1-5-36-59-49(40-61-54(45-30-18-9-19-31-45,46-32-20-10-21-33-46)47-34-22-11-23-35-47)38-55-50(51(58)60-52(2,3)4)37-48-39-57(41-56-48)53(42-24-12-6-13-25-42,43-26-14-7-15-27-43)44-28-16-8-17-29-44/h1,6-35,39,41,49-50,55H,36-38,40H2,2-4H3. The van der Waals surface area contributed by atoms with Gasteiger partial charge in [-0.2, -0.15) is 0 Å². The van der Waals surface area contributed by atoms with E-state index >= 15 is 0 Å². The van der Waals surface area contributed by atoms with Gasteiger partial charge in [-0.15, -0.1) is 18.2 Å². The van der Waals surface area contributed by atoms with E-state index in [-0.39, 0.29) is 25.1 Å². The lowest BCUT2D eigenvalue weighted by Gasteiger charge is -2.37. The Labute approximate surface area is 365 Å². The van der Waals surface area contributed by atoms with Gasteiger partial charge in [-0.1, -0.05) is 188 Å². The van der Waals surface area contributed by atoms with Crippen molar-refractivity contribution in [2.24, 2.45) is 0 Å². The first-order valence-corrected chi connectivity index (χ1v) is 21.7. The molecule has 0 saturated carbocycles. The summed E-state index contributed by atoms with van der Waals surface area (Å²) in [5.74, 6) is 2.87. The molecule has 0 fully saturated rings. The molecule has 61 heavy (non-hydrogen) atoms. The summed E-state index contributed by atoms with van der Waals surface area (Å²) in [6.07, 6.45) is 9.64. The summed E-state index contributed by atoms with van der Waals surface area (Å²) >= 11 is 1.80. The number of thioether (sulfide) groups is 1. The van der Waals surface area contributed by atoms with E-state index in [1.807, 2.05) is 63.5 Å². The molecule has 0 spiro atoms. The highest BCUT2D eigenvalue weighted by Gasteiger charge is 2.40. The van der Waals surface area contributed by atoms with Crippen LogP contribution in [0, 0.1) is 12.3 Å². The Morgan fingerprint density at radius 2 is 1.08 bits per heavy atom. The van der Waals surface area contributed by atoms with Crippen LogP contribution in [-0.2, 0) is 31.0 Å². The Hall–Kier alpha value is -6.17. The number of rotatable bonds is 18. The first kappa shape index (κ1) is 42.9. The van der Waals surface area contributed by atoms with Gasteiger partial charge in [-0.3, -0.25) is 4.79 Å². The molecule has 2 unspecified atom stereocenters. The molecule has 0 bridgehead atoms. The van der Waals surface area contributed by atoms with E-state index in [0.717, 1.165) is 39.1 Å². The van der Waals surface area contributed by atoms with Crippen molar-refractivity contribution in [2.45, 2.75) is 55.2 Å². The zero-order chi connectivity index (χ0) is 42.5. The number of ether oxygens (including phenoxy) is 2. The summed E-state index contributed by atoms with van der Waals surface area (Å²) in [6, 6.07) is 62.4. The molecular formula is C54H53N3O3S. The monoisotopic (exact) mass is 823 g/mol. The lowest BCUT2D eigenvalue weighted by molar-refractivity contribution is -0.157. The number of terminal acetylenes is 1. The average Bonchev–Trinajstić information content (AvgIpc) is 3.77. The predicted molar refractivity (Wildman–Crippen MR) is 248 cm³/mol. The van der Waals surface area contributed by atoms with Gasteiger partial charge in [0.25, 0.3) is 0 Å². The summed E-state index contributed by atoms with van der Waals surface area (Å²) in [5, 5.41) is 3.57. The zero-order valence-electron chi connectivity index (χ0n) is 35.1. The van der Waals surface area contributed by atoms with Crippen LogP contribution in [0.25, 0.3) is 0 Å². The van der Waals surface area contributed by atoms with Gasteiger partial charge < -0.3 is 19.4 Å². The second-order valence-corrected chi connectivity index (χ2v) is 17.2. The fourth-order valence-corrected chi connectivity index (χ4v) is 9.61. The van der Waals surface area contributed by atoms with Crippen LogP contribution in [0.3, 0.4) is 0 Å². The van der Waals surface area contributed by atoms with Crippen LogP contribution in [0.15, 0.2) is 195 Å². The van der Waals surface area contributed by atoms with Gasteiger partial charge in [0, 0.05) is 24.9 Å². The Bertz CT molecular complexity index is 2250. The number of nitrogens with one attached hydrogen (secondary N) is 1. The maximum Gasteiger partial charge on any atom is 0.324 e. The number of carbonyl (C=O) groups excluding carboxylic acids is 1.